The molecule has 0 amide bonds. The highest BCUT2D eigenvalue weighted by Gasteiger charge is 2.26. The van der Waals surface area contributed by atoms with E-state index in [1.54, 1.807) is 10.7 Å². The van der Waals surface area contributed by atoms with Crippen molar-refractivity contribution in [2.45, 2.75) is 70.9 Å². The third-order valence-corrected chi connectivity index (χ3v) is 5.85. The molecule has 2 aliphatic rings. The second kappa shape index (κ2) is 7.74. The maximum absolute atomic E-state index is 12.2. The lowest BCUT2D eigenvalue weighted by atomic mass is 9.92. The van der Waals surface area contributed by atoms with Gasteiger partial charge in [0, 0.05) is 48.4 Å². The molecule has 0 aromatic carbocycles. The Labute approximate surface area is 167 Å². The smallest absolute Gasteiger partial charge is 0.266 e. The molecule has 0 atom stereocenters. The van der Waals surface area contributed by atoms with Gasteiger partial charge in [-0.1, -0.05) is 20.8 Å². The van der Waals surface area contributed by atoms with Crippen molar-refractivity contribution in [2.75, 3.05) is 13.1 Å². The number of aromatic nitrogens is 4. The summed E-state index contributed by atoms with van der Waals surface area (Å²) in [7, 11) is 0. The van der Waals surface area contributed by atoms with Crippen LogP contribution in [0.15, 0.2) is 29.3 Å². The van der Waals surface area contributed by atoms with Gasteiger partial charge in [0.05, 0.1) is 5.69 Å². The van der Waals surface area contributed by atoms with E-state index in [-0.39, 0.29) is 11.0 Å². The minimum absolute atomic E-state index is 0.00308. The monoisotopic (exact) mass is 381 g/mol. The van der Waals surface area contributed by atoms with Gasteiger partial charge in [0.2, 0.25) is 0 Å². The van der Waals surface area contributed by atoms with Gasteiger partial charge >= 0.3 is 0 Å². The Bertz CT molecular complexity index is 856. The molecule has 4 rings (SSSR count). The van der Waals surface area contributed by atoms with Gasteiger partial charge in [0.25, 0.3) is 5.56 Å². The summed E-state index contributed by atoms with van der Waals surface area (Å²) in [6.45, 7) is 10.1. The number of rotatable bonds is 5. The van der Waals surface area contributed by atoms with Crippen molar-refractivity contribution in [3.63, 3.8) is 0 Å². The molecule has 1 saturated heterocycles. The molecule has 2 aromatic heterocycles. The highest BCUT2D eigenvalue weighted by molar-refractivity contribution is 5.11. The fourth-order valence-corrected chi connectivity index (χ4v) is 3.81. The van der Waals surface area contributed by atoms with Crippen LogP contribution in [0.1, 0.15) is 69.5 Å². The van der Waals surface area contributed by atoms with E-state index in [1.165, 1.54) is 18.4 Å². The number of nitrogens with zero attached hydrogens (tertiary/aromatic N) is 5. The molecule has 1 aliphatic heterocycles. The normalized spacial score (nSPS) is 19.1. The van der Waals surface area contributed by atoms with Gasteiger partial charge in [-0.3, -0.25) is 9.69 Å². The summed E-state index contributed by atoms with van der Waals surface area (Å²) in [4.78, 5) is 23.8. The Kier molecular flexibility index (Phi) is 5.32. The fraction of sp³-hybridized carbons (Fsp3) is 0.636. The second-order valence-electron chi connectivity index (χ2n) is 9.43. The molecule has 0 bridgehead atoms. The summed E-state index contributed by atoms with van der Waals surface area (Å²) in [5, 5.41) is 4.63. The molecular weight excluding hydrogens is 350 g/mol. The van der Waals surface area contributed by atoms with Crippen LogP contribution in [0.3, 0.4) is 0 Å². The van der Waals surface area contributed by atoms with Crippen LogP contribution in [0.25, 0.3) is 0 Å². The summed E-state index contributed by atoms with van der Waals surface area (Å²) < 4.78 is 1.67. The van der Waals surface area contributed by atoms with Crippen LogP contribution in [-0.4, -0.2) is 37.7 Å². The summed E-state index contributed by atoms with van der Waals surface area (Å²) >= 11 is 0. The van der Waals surface area contributed by atoms with Crippen LogP contribution in [0.5, 0.6) is 0 Å². The summed E-state index contributed by atoms with van der Waals surface area (Å²) in [5.74, 6) is 2.13. The van der Waals surface area contributed by atoms with Crippen LogP contribution < -0.4 is 5.56 Å². The molecule has 0 radical (unpaired) electrons. The van der Waals surface area contributed by atoms with Crippen LogP contribution in [-0.2, 0) is 18.5 Å². The molecule has 6 nitrogen and oxygen atoms in total. The number of piperidine rings is 1. The SMILES string of the molecule is CC(C)(C)c1ccc(=O)n(CC2CCN(Cc3cnc(C4CC4)nc3)CC2)n1. The quantitative estimate of drug-likeness (QED) is 0.796. The molecule has 2 aromatic rings. The van der Waals surface area contributed by atoms with E-state index in [0.717, 1.165) is 50.5 Å². The van der Waals surface area contributed by atoms with Crippen molar-refractivity contribution in [3.8, 4) is 0 Å². The second-order valence-corrected chi connectivity index (χ2v) is 9.43. The topological polar surface area (TPSA) is 63.9 Å². The first-order valence-electron chi connectivity index (χ1n) is 10.5. The predicted octanol–water partition coefficient (Wildman–Crippen LogP) is 3.12. The molecule has 0 N–H and O–H groups in total. The Morgan fingerprint density at radius 1 is 1.04 bits per heavy atom. The fourth-order valence-electron chi connectivity index (χ4n) is 3.81. The van der Waals surface area contributed by atoms with Gasteiger partial charge in [0.1, 0.15) is 5.82 Å². The Balaban J connectivity index is 1.31. The minimum atomic E-state index is -0.0457. The first-order chi connectivity index (χ1) is 13.4. The van der Waals surface area contributed by atoms with Gasteiger partial charge in [-0.25, -0.2) is 14.6 Å². The lowest BCUT2D eigenvalue weighted by Gasteiger charge is -2.32. The van der Waals surface area contributed by atoms with Gasteiger partial charge in [0.15, 0.2) is 0 Å². The molecular formula is C22H31N5O. The van der Waals surface area contributed by atoms with Crippen molar-refractivity contribution in [3.05, 3.63) is 52.0 Å². The predicted molar refractivity (Wildman–Crippen MR) is 109 cm³/mol. The summed E-state index contributed by atoms with van der Waals surface area (Å²) in [6.07, 6.45) is 8.65. The largest absolute Gasteiger partial charge is 0.299 e. The number of likely N-dealkylation sites (tertiary alicyclic amines) is 1. The third kappa shape index (κ3) is 4.66. The molecule has 1 saturated carbocycles. The average molecular weight is 382 g/mol. The summed E-state index contributed by atoms with van der Waals surface area (Å²) in [5.41, 5.74) is 2.12. The van der Waals surface area contributed by atoms with E-state index in [2.05, 4.69) is 40.7 Å². The molecule has 1 aliphatic carbocycles. The first-order valence-corrected chi connectivity index (χ1v) is 10.5. The Morgan fingerprint density at radius 2 is 1.71 bits per heavy atom. The molecule has 28 heavy (non-hydrogen) atoms. The third-order valence-electron chi connectivity index (χ3n) is 5.85. The van der Waals surface area contributed by atoms with Crippen LogP contribution in [0.2, 0.25) is 0 Å². The van der Waals surface area contributed by atoms with Crippen LogP contribution >= 0.6 is 0 Å². The lowest BCUT2D eigenvalue weighted by molar-refractivity contribution is 0.163. The molecule has 0 spiro atoms. The van der Waals surface area contributed by atoms with E-state index in [0.29, 0.717) is 11.8 Å². The van der Waals surface area contributed by atoms with Crippen molar-refractivity contribution >= 4 is 0 Å². The lowest BCUT2D eigenvalue weighted by Crippen LogP contribution is -2.37. The van der Waals surface area contributed by atoms with Crippen molar-refractivity contribution in [2.24, 2.45) is 5.92 Å². The standard InChI is InChI=1S/C22H31N5O/c1-22(2,3)19-6-7-20(28)27(25-19)15-16-8-10-26(11-9-16)14-17-12-23-21(24-13-17)18-4-5-18/h6-7,12-13,16,18H,4-5,8-11,14-15H2,1-3H3. The molecule has 150 valence electrons. The average Bonchev–Trinajstić information content (AvgIpc) is 3.50. The van der Waals surface area contributed by atoms with Crippen molar-refractivity contribution in [1.29, 1.82) is 0 Å². The first kappa shape index (κ1) is 19.2. The van der Waals surface area contributed by atoms with Gasteiger partial charge in [-0.15, -0.1) is 0 Å². The van der Waals surface area contributed by atoms with Crippen LogP contribution in [0.4, 0.5) is 0 Å². The molecule has 0 unspecified atom stereocenters. The van der Waals surface area contributed by atoms with E-state index < -0.39 is 0 Å². The minimum Gasteiger partial charge on any atom is -0.299 e. The zero-order valence-electron chi connectivity index (χ0n) is 17.3. The highest BCUT2D eigenvalue weighted by Crippen LogP contribution is 2.37. The Morgan fingerprint density at radius 3 is 2.32 bits per heavy atom. The Hall–Kier alpha value is -2.08. The maximum Gasteiger partial charge on any atom is 0.266 e. The van der Waals surface area contributed by atoms with E-state index in [4.69, 9.17) is 0 Å². The zero-order chi connectivity index (χ0) is 19.7. The van der Waals surface area contributed by atoms with Gasteiger partial charge < -0.3 is 0 Å². The molecule has 2 fully saturated rings. The number of hydrogen-bond donors (Lipinski definition) is 0. The highest BCUT2D eigenvalue weighted by atomic mass is 16.1. The van der Waals surface area contributed by atoms with Gasteiger partial charge in [-0.2, -0.15) is 5.10 Å². The molecule has 3 heterocycles. The van der Waals surface area contributed by atoms with Crippen molar-refractivity contribution < 1.29 is 0 Å². The maximum atomic E-state index is 12.2. The van der Waals surface area contributed by atoms with E-state index in [9.17, 15) is 4.79 Å². The number of hydrogen-bond acceptors (Lipinski definition) is 5. The van der Waals surface area contributed by atoms with E-state index >= 15 is 0 Å². The molecule has 6 heteroatoms. The van der Waals surface area contributed by atoms with Crippen molar-refractivity contribution in [1.82, 2.24) is 24.6 Å². The van der Waals surface area contributed by atoms with Gasteiger partial charge in [-0.05, 0) is 50.8 Å². The van der Waals surface area contributed by atoms with Crippen LogP contribution in [0, 0.1) is 5.92 Å². The zero-order valence-corrected chi connectivity index (χ0v) is 17.3. The van der Waals surface area contributed by atoms with E-state index in [1.807, 2.05) is 18.5 Å². The summed E-state index contributed by atoms with van der Waals surface area (Å²) in [6, 6.07) is 3.52.